The Hall–Kier alpha value is -3.75. The van der Waals surface area contributed by atoms with Crippen LogP contribution >= 0.6 is 0 Å². The van der Waals surface area contributed by atoms with Gasteiger partial charge in [0.15, 0.2) is 7.85 Å². The lowest BCUT2D eigenvalue weighted by molar-refractivity contribution is -0.137. The molecule has 14 nitrogen and oxygen atoms in total. The molecule has 1 aliphatic heterocycles. The van der Waals surface area contributed by atoms with Crippen LogP contribution in [0.3, 0.4) is 0 Å². The Morgan fingerprint density at radius 3 is 2.08 bits per heavy atom. The van der Waals surface area contributed by atoms with Crippen molar-refractivity contribution in [3.05, 3.63) is 12.2 Å². The molecule has 0 fully saturated rings. The normalized spacial score (nSPS) is 15.0. The summed E-state index contributed by atoms with van der Waals surface area (Å²) >= 11 is 0. The lowest BCUT2D eigenvalue weighted by Crippen LogP contribution is -2.57. The number of unbranched alkanes of at least 4 members (excludes halogenated alkanes) is 2. The van der Waals surface area contributed by atoms with Gasteiger partial charge in [0.2, 0.25) is 17.7 Å². The average Bonchev–Trinajstić information content (AvgIpc) is 3.18. The van der Waals surface area contributed by atoms with E-state index in [1.165, 1.54) is 20.0 Å². The first-order chi connectivity index (χ1) is 18.4. The van der Waals surface area contributed by atoms with Crippen molar-refractivity contribution in [2.75, 3.05) is 19.7 Å². The number of hydrogen-bond donors (Lipinski definition) is 6. The smallest absolute Gasteiger partial charge is 0.312 e. The summed E-state index contributed by atoms with van der Waals surface area (Å²) in [5.41, 5.74) is 4.58. The number of hydrogen-bond acceptors (Lipinski definition) is 8. The van der Waals surface area contributed by atoms with Crippen molar-refractivity contribution in [3.63, 3.8) is 0 Å². The molecule has 1 aliphatic rings. The number of aliphatic hydroxyl groups is 1. The highest BCUT2D eigenvalue weighted by atomic mass is 16.3. The van der Waals surface area contributed by atoms with E-state index >= 15 is 0 Å². The molecule has 7 amide bonds. The van der Waals surface area contributed by atoms with Crippen LogP contribution in [0.4, 0.5) is 4.79 Å². The molecule has 0 radical (unpaired) electrons. The first-order valence-corrected chi connectivity index (χ1v) is 13.0. The Kier molecular flexibility index (Phi) is 14.5. The summed E-state index contributed by atoms with van der Waals surface area (Å²) in [4.78, 5) is 85.2. The fourth-order valence-electron chi connectivity index (χ4n) is 3.76. The van der Waals surface area contributed by atoms with Crippen molar-refractivity contribution in [3.8, 4) is 0 Å². The van der Waals surface area contributed by atoms with Gasteiger partial charge in [0, 0.05) is 31.7 Å². The van der Waals surface area contributed by atoms with E-state index in [1.807, 2.05) is 0 Å². The van der Waals surface area contributed by atoms with E-state index < -0.39 is 48.3 Å². The zero-order valence-electron chi connectivity index (χ0n) is 22.7. The van der Waals surface area contributed by atoms with Crippen LogP contribution in [0, 0.1) is 5.92 Å². The van der Waals surface area contributed by atoms with Gasteiger partial charge in [-0.2, -0.15) is 0 Å². The van der Waals surface area contributed by atoms with Gasteiger partial charge in [-0.05, 0) is 31.6 Å². The number of urea groups is 1. The van der Waals surface area contributed by atoms with Gasteiger partial charge in [-0.25, -0.2) is 4.79 Å². The summed E-state index contributed by atoms with van der Waals surface area (Å²) < 4.78 is 0. The molecule has 0 bridgehead atoms. The molecular formula is C24H39BN6O8. The van der Waals surface area contributed by atoms with Gasteiger partial charge in [-0.1, -0.05) is 20.3 Å². The van der Waals surface area contributed by atoms with Gasteiger partial charge < -0.3 is 36.9 Å². The minimum Gasteiger partial charge on any atom is -0.394 e. The molecule has 7 N–H and O–H groups in total. The molecule has 0 aromatic rings. The molecule has 1 rings (SSSR count). The second-order valence-electron chi connectivity index (χ2n) is 9.61. The predicted octanol–water partition coefficient (Wildman–Crippen LogP) is -2.82. The Morgan fingerprint density at radius 2 is 1.54 bits per heavy atom. The zero-order valence-corrected chi connectivity index (χ0v) is 22.7. The van der Waals surface area contributed by atoms with Crippen LogP contribution in [0.5, 0.6) is 0 Å². The van der Waals surface area contributed by atoms with Crippen LogP contribution < -0.4 is 27.0 Å². The number of nitrogens with two attached hydrogens (primary N) is 1. The number of nitrogens with one attached hydrogen (secondary N) is 4. The summed E-state index contributed by atoms with van der Waals surface area (Å²) in [7, 11) is 1.21. The molecule has 15 heteroatoms. The van der Waals surface area contributed by atoms with Crippen LogP contribution in [0.2, 0.25) is 0 Å². The molecule has 0 spiro atoms. The molecule has 1 unspecified atom stereocenters. The van der Waals surface area contributed by atoms with E-state index in [0.717, 1.165) is 4.90 Å². The Morgan fingerprint density at radius 1 is 0.923 bits per heavy atom. The van der Waals surface area contributed by atoms with Crippen molar-refractivity contribution in [2.45, 2.75) is 70.5 Å². The topological polar surface area (TPSA) is 217 Å². The fraction of sp³-hybridized carbons (Fsp3) is 0.625. The van der Waals surface area contributed by atoms with Crippen LogP contribution in [-0.4, -0.2) is 96.9 Å². The number of carbonyl (C=O) groups is 7. The van der Waals surface area contributed by atoms with Gasteiger partial charge >= 0.3 is 6.03 Å². The van der Waals surface area contributed by atoms with Gasteiger partial charge in [0.1, 0.15) is 23.8 Å². The number of amides is 7. The standard InChI is InChI=1S/C24H39BN6O8/c1-14(2)20(30-17(33)8-4-3-5-12-31-18(34)9-10-19(31)35)23(38)28-15(7-6-11-27-24(26)39)22(37)29-16(13-32)21(25)36/h9-10,14-16,20,32H,3-8,11-13,25H2,1-2H3,(H,28,38)(H,29,37)(H,30,33)(H3,26,27,39)/t15-,16+,20?/m0/s1. The van der Waals surface area contributed by atoms with Gasteiger partial charge in [-0.15, -0.1) is 0 Å². The highest BCUT2D eigenvalue weighted by molar-refractivity contribution is 6.59. The molecule has 216 valence electrons. The third kappa shape index (κ3) is 12.1. The summed E-state index contributed by atoms with van der Waals surface area (Å²) in [6.45, 7) is 3.25. The third-order valence-electron chi connectivity index (χ3n) is 6.04. The first-order valence-electron chi connectivity index (χ1n) is 13.0. The molecule has 0 saturated heterocycles. The fourth-order valence-corrected chi connectivity index (χ4v) is 3.76. The molecular weight excluding hydrogens is 511 g/mol. The van der Waals surface area contributed by atoms with Crippen LogP contribution in [0.1, 0.15) is 52.4 Å². The van der Waals surface area contributed by atoms with E-state index in [2.05, 4.69) is 21.3 Å². The number of imide groups is 1. The maximum atomic E-state index is 13.1. The quantitative estimate of drug-likeness (QED) is 0.0593. The van der Waals surface area contributed by atoms with E-state index in [0.29, 0.717) is 19.3 Å². The minimum atomic E-state index is -1.14. The third-order valence-corrected chi connectivity index (χ3v) is 6.04. The van der Waals surface area contributed by atoms with Gasteiger partial charge in [0.25, 0.3) is 11.8 Å². The first kappa shape index (κ1) is 33.3. The largest absolute Gasteiger partial charge is 0.394 e. The van der Waals surface area contributed by atoms with Crippen molar-refractivity contribution in [1.82, 2.24) is 26.2 Å². The number of aliphatic hydroxyl groups excluding tert-OH is 1. The number of rotatable bonds is 18. The lowest BCUT2D eigenvalue weighted by atomic mass is 9.95. The van der Waals surface area contributed by atoms with E-state index in [1.54, 1.807) is 13.8 Å². The molecule has 1 heterocycles. The highest BCUT2D eigenvalue weighted by Gasteiger charge is 2.30. The molecule has 0 saturated carbocycles. The molecule has 0 aromatic carbocycles. The summed E-state index contributed by atoms with van der Waals surface area (Å²) in [5, 5.41) is 19.4. The van der Waals surface area contributed by atoms with Crippen molar-refractivity contribution in [1.29, 1.82) is 0 Å². The maximum absolute atomic E-state index is 13.1. The SMILES string of the molecule is BC(=O)[C@@H](CO)NC(=O)[C@H](CCCNC(N)=O)NC(=O)C(NC(=O)CCCCCN1C(=O)C=CC1=O)C(C)C. The molecule has 0 aromatic heterocycles. The molecule has 3 atom stereocenters. The van der Waals surface area contributed by atoms with E-state index in [9.17, 15) is 38.7 Å². The lowest BCUT2D eigenvalue weighted by Gasteiger charge is -2.26. The van der Waals surface area contributed by atoms with Crippen molar-refractivity contribution < 1.29 is 38.7 Å². The van der Waals surface area contributed by atoms with Crippen molar-refractivity contribution in [2.24, 2.45) is 11.7 Å². The zero-order chi connectivity index (χ0) is 29.5. The van der Waals surface area contributed by atoms with Crippen LogP contribution in [0.15, 0.2) is 12.2 Å². The summed E-state index contributed by atoms with van der Waals surface area (Å²) in [6, 6.07) is -3.94. The molecule has 39 heavy (non-hydrogen) atoms. The minimum absolute atomic E-state index is 0.0875. The van der Waals surface area contributed by atoms with E-state index in [-0.39, 0.29) is 56.0 Å². The Balaban J connectivity index is 2.67. The van der Waals surface area contributed by atoms with Crippen LogP contribution in [0.25, 0.3) is 0 Å². The number of primary amides is 1. The monoisotopic (exact) mass is 550 g/mol. The second-order valence-corrected chi connectivity index (χ2v) is 9.61. The summed E-state index contributed by atoms with van der Waals surface area (Å²) in [5.74, 6) is -2.71. The summed E-state index contributed by atoms with van der Waals surface area (Å²) in [6.07, 6.45) is 4.52. The Labute approximate surface area is 228 Å². The second kappa shape index (κ2) is 17.0. The predicted molar refractivity (Wildman–Crippen MR) is 142 cm³/mol. The maximum Gasteiger partial charge on any atom is 0.312 e. The Bertz CT molecular complexity index is 939. The van der Waals surface area contributed by atoms with Crippen molar-refractivity contribution >= 4 is 49.1 Å². The van der Waals surface area contributed by atoms with Gasteiger partial charge in [-0.3, -0.25) is 28.9 Å². The molecule has 0 aliphatic carbocycles. The van der Waals surface area contributed by atoms with E-state index in [4.69, 9.17) is 5.73 Å². The average molecular weight is 550 g/mol. The number of carbonyl (C=O) groups excluding carboxylic acids is 7. The number of nitrogens with zero attached hydrogens (tertiary/aromatic N) is 1. The highest BCUT2D eigenvalue weighted by Crippen LogP contribution is 2.09. The van der Waals surface area contributed by atoms with Crippen LogP contribution in [-0.2, 0) is 28.8 Å². The van der Waals surface area contributed by atoms with Gasteiger partial charge in [0.05, 0.1) is 6.61 Å².